The number of nitrogens with one attached hydrogen (secondary N) is 1. The number of rotatable bonds is 2. The zero-order valence-corrected chi connectivity index (χ0v) is 20.0. The van der Waals surface area contributed by atoms with E-state index in [1.807, 2.05) is 0 Å². The van der Waals surface area contributed by atoms with Crippen molar-refractivity contribution in [1.29, 1.82) is 0 Å². The summed E-state index contributed by atoms with van der Waals surface area (Å²) in [6.07, 6.45) is 4.65. The molecule has 2 amide bonds. The molecule has 3 aromatic rings. The van der Waals surface area contributed by atoms with E-state index in [0.717, 1.165) is 29.5 Å². The minimum absolute atomic E-state index is 0.0781. The standard InChI is InChI=1S/C19H22F3N3O2.C6H5N3O/c20-19(21,22)14-7-5-11-24(14)15(26)12-25-13-6-4-10-23-16(13)18(17(25)27)8-2-1-3-9-18;10-5-1-4-2-8-9-6(4)7-3-5/h4,6,10,14H,1-3,5,7-9,11-12H2;1-3,10H,(H,7,8,9). The number of pyridine rings is 2. The number of carbonyl (C=O) groups is 2. The summed E-state index contributed by atoms with van der Waals surface area (Å²) in [6.45, 7) is -0.276. The fourth-order valence-corrected chi connectivity index (χ4v) is 5.67. The second-order valence-electron chi connectivity index (χ2n) is 9.69. The Balaban J connectivity index is 0.000000233. The lowest BCUT2D eigenvalue weighted by molar-refractivity contribution is -0.182. The molecule has 2 fully saturated rings. The van der Waals surface area contributed by atoms with Gasteiger partial charge < -0.3 is 14.9 Å². The van der Waals surface area contributed by atoms with Gasteiger partial charge in [-0.1, -0.05) is 19.3 Å². The molecular weight excluding hydrogens is 489 g/mol. The predicted molar refractivity (Wildman–Crippen MR) is 128 cm³/mol. The zero-order chi connectivity index (χ0) is 26.2. The van der Waals surface area contributed by atoms with Gasteiger partial charge in [-0.2, -0.15) is 18.3 Å². The van der Waals surface area contributed by atoms with Gasteiger partial charge in [0.25, 0.3) is 0 Å². The Hall–Kier alpha value is -3.70. The molecule has 1 spiro atoms. The third-order valence-corrected chi connectivity index (χ3v) is 7.41. The zero-order valence-electron chi connectivity index (χ0n) is 20.0. The van der Waals surface area contributed by atoms with Crippen LogP contribution in [0.15, 0.2) is 36.8 Å². The summed E-state index contributed by atoms with van der Waals surface area (Å²) in [6, 6.07) is 3.29. The Bertz CT molecular complexity index is 1300. The molecule has 0 bridgehead atoms. The van der Waals surface area contributed by atoms with Crippen LogP contribution in [0.2, 0.25) is 0 Å². The first kappa shape index (κ1) is 25.0. The van der Waals surface area contributed by atoms with Crippen LogP contribution in [0.4, 0.5) is 18.9 Å². The van der Waals surface area contributed by atoms with E-state index in [2.05, 4.69) is 20.2 Å². The third-order valence-electron chi connectivity index (χ3n) is 7.41. The highest BCUT2D eigenvalue weighted by Gasteiger charge is 2.54. The van der Waals surface area contributed by atoms with Crippen molar-refractivity contribution >= 4 is 28.5 Å². The molecular formula is C25H27F3N6O3. The molecule has 5 heterocycles. The van der Waals surface area contributed by atoms with Crippen LogP contribution >= 0.6 is 0 Å². The van der Waals surface area contributed by atoms with Crippen LogP contribution in [0.3, 0.4) is 0 Å². The van der Waals surface area contributed by atoms with E-state index >= 15 is 0 Å². The summed E-state index contributed by atoms with van der Waals surface area (Å²) in [4.78, 5) is 36.5. The van der Waals surface area contributed by atoms with Crippen LogP contribution in [0.5, 0.6) is 5.75 Å². The van der Waals surface area contributed by atoms with Gasteiger partial charge in [0.05, 0.1) is 29.2 Å². The van der Waals surface area contributed by atoms with Gasteiger partial charge in [-0.05, 0) is 43.9 Å². The molecule has 0 radical (unpaired) electrons. The number of carbonyl (C=O) groups excluding carboxylic acids is 2. The highest BCUT2D eigenvalue weighted by molar-refractivity contribution is 6.10. The van der Waals surface area contributed by atoms with E-state index < -0.39 is 23.5 Å². The number of likely N-dealkylation sites (tertiary alicyclic amines) is 1. The molecule has 1 atom stereocenters. The average molecular weight is 517 g/mol. The summed E-state index contributed by atoms with van der Waals surface area (Å²) < 4.78 is 39.6. The number of aromatic nitrogens is 4. The maximum Gasteiger partial charge on any atom is 0.408 e. The lowest BCUT2D eigenvalue weighted by Gasteiger charge is -2.32. The number of alkyl halides is 3. The Morgan fingerprint density at radius 2 is 1.95 bits per heavy atom. The Labute approximate surface area is 210 Å². The fourth-order valence-electron chi connectivity index (χ4n) is 5.67. The molecule has 1 saturated heterocycles. The van der Waals surface area contributed by atoms with Crippen molar-refractivity contribution in [3.63, 3.8) is 0 Å². The first-order valence-corrected chi connectivity index (χ1v) is 12.3. The molecule has 12 heteroatoms. The van der Waals surface area contributed by atoms with Gasteiger partial charge in [0.2, 0.25) is 11.8 Å². The molecule has 3 aromatic heterocycles. The van der Waals surface area contributed by atoms with Gasteiger partial charge >= 0.3 is 6.18 Å². The molecule has 196 valence electrons. The van der Waals surface area contributed by atoms with Crippen molar-refractivity contribution < 1.29 is 27.9 Å². The van der Waals surface area contributed by atoms with Crippen LogP contribution in [0, 0.1) is 0 Å². The van der Waals surface area contributed by atoms with Gasteiger partial charge in [-0.25, -0.2) is 4.98 Å². The molecule has 0 aromatic carbocycles. The first-order chi connectivity index (χ1) is 17.7. The van der Waals surface area contributed by atoms with Gasteiger partial charge in [-0.3, -0.25) is 19.7 Å². The van der Waals surface area contributed by atoms with Crippen LogP contribution in [0.1, 0.15) is 50.6 Å². The maximum absolute atomic E-state index is 13.3. The van der Waals surface area contributed by atoms with E-state index in [9.17, 15) is 22.8 Å². The number of hydrogen-bond acceptors (Lipinski definition) is 6. The predicted octanol–water partition coefficient (Wildman–Crippen LogP) is 3.85. The van der Waals surface area contributed by atoms with Crippen LogP contribution in [-0.4, -0.2) is 67.3 Å². The largest absolute Gasteiger partial charge is 0.506 e. The molecule has 2 aliphatic heterocycles. The van der Waals surface area contributed by atoms with Gasteiger partial charge in [0.1, 0.15) is 18.3 Å². The molecule has 9 nitrogen and oxygen atoms in total. The summed E-state index contributed by atoms with van der Waals surface area (Å²) in [5, 5.41) is 16.2. The molecule has 2 N–H and O–H groups in total. The second-order valence-corrected chi connectivity index (χ2v) is 9.69. The van der Waals surface area contributed by atoms with E-state index in [1.165, 1.54) is 11.1 Å². The monoisotopic (exact) mass is 516 g/mol. The second kappa shape index (κ2) is 9.64. The Morgan fingerprint density at radius 3 is 2.70 bits per heavy atom. The van der Waals surface area contributed by atoms with Crippen molar-refractivity contribution in [3.8, 4) is 5.75 Å². The first-order valence-electron chi connectivity index (χ1n) is 12.3. The number of anilines is 1. The number of H-pyrrole nitrogens is 1. The Kier molecular flexibility index (Phi) is 6.50. The van der Waals surface area contributed by atoms with Gasteiger partial charge in [-0.15, -0.1) is 0 Å². The molecule has 6 rings (SSSR count). The normalized spacial score (nSPS) is 20.7. The molecule has 37 heavy (non-hydrogen) atoms. The highest BCUT2D eigenvalue weighted by Crippen LogP contribution is 2.49. The van der Waals surface area contributed by atoms with E-state index in [-0.39, 0.29) is 31.2 Å². The fraction of sp³-hybridized carbons (Fsp3) is 0.480. The average Bonchev–Trinajstić information content (AvgIpc) is 3.61. The maximum atomic E-state index is 13.3. The van der Waals surface area contributed by atoms with Crippen molar-refractivity contribution in [2.75, 3.05) is 18.0 Å². The molecule has 1 saturated carbocycles. The van der Waals surface area contributed by atoms with E-state index in [0.29, 0.717) is 36.3 Å². The summed E-state index contributed by atoms with van der Waals surface area (Å²) >= 11 is 0. The quantitative estimate of drug-likeness (QED) is 0.535. The SMILES string of the molecule is O=C(CN1C(=O)C2(CCCCC2)c2ncccc21)N1CCCC1C(F)(F)F.Oc1cnc2[nH]ncc2c1. The number of amides is 2. The molecule has 1 unspecified atom stereocenters. The summed E-state index contributed by atoms with van der Waals surface area (Å²) in [5.41, 5.74) is 1.22. The van der Waals surface area contributed by atoms with Crippen LogP contribution < -0.4 is 4.90 Å². The lowest BCUT2D eigenvalue weighted by Crippen LogP contribution is -2.50. The van der Waals surface area contributed by atoms with Crippen molar-refractivity contribution in [2.45, 2.75) is 62.6 Å². The van der Waals surface area contributed by atoms with Crippen LogP contribution in [-0.2, 0) is 15.0 Å². The number of hydrogen-bond donors (Lipinski definition) is 2. The third kappa shape index (κ3) is 4.60. The summed E-state index contributed by atoms with van der Waals surface area (Å²) in [5.74, 6) is -0.674. The summed E-state index contributed by atoms with van der Waals surface area (Å²) in [7, 11) is 0. The minimum atomic E-state index is -4.44. The number of nitrogens with zero attached hydrogens (tertiary/aromatic N) is 5. The topological polar surface area (TPSA) is 115 Å². The van der Waals surface area contributed by atoms with Crippen LogP contribution in [0.25, 0.3) is 11.0 Å². The number of fused-ring (bicyclic) bond motifs is 3. The minimum Gasteiger partial charge on any atom is -0.506 e. The van der Waals surface area contributed by atoms with Crippen molar-refractivity contribution in [1.82, 2.24) is 25.1 Å². The van der Waals surface area contributed by atoms with Gasteiger partial charge in [0.15, 0.2) is 5.65 Å². The smallest absolute Gasteiger partial charge is 0.408 e. The highest BCUT2D eigenvalue weighted by atomic mass is 19.4. The Morgan fingerprint density at radius 1 is 1.16 bits per heavy atom. The van der Waals surface area contributed by atoms with Crippen molar-refractivity contribution in [3.05, 3.63) is 42.5 Å². The lowest BCUT2D eigenvalue weighted by atomic mass is 9.72. The van der Waals surface area contributed by atoms with Crippen molar-refractivity contribution in [2.24, 2.45) is 0 Å². The number of aromatic amines is 1. The van der Waals surface area contributed by atoms with E-state index in [1.54, 1.807) is 30.6 Å². The molecule has 3 aliphatic rings. The van der Waals surface area contributed by atoms with Gasteiger partial charge in [0, 0.05) is 18.1 Å². The molecule has 1 aliphatic carbocycles. The van der Waals surface area contributed by atoms with E-state index in [4.69, 9.17) is 5.11 Å². The number of halogens is 3. The number of aromatic hydroxyl groups is 1.